The van der Waals surface area contributed by atoms with Crippen LogP contribution in [-0.4, -0.2) is 34.4 Å². The van der Waals surface area contributed by atoms with Gasteiger partial charge in [-0.15, -0.1) is 11.8 Å². The summed E-state index contributed by atoms with van der Waals surface area (Å²) in [5.41, 5.74) is 1.74. The fourth-order valence-electron chi connectivity index (χ4n) is 2.22. The van der Waals surface area contributed by atoms with Crippen molar-refractivity contribution in [2.24, 2.45) is 0 Å². The number of benzene rings is 1. The van der Waals surface area contributed by atoms with Gasteiger partial charge >= 0.3 is 0 Å². The highest BCUT2D eigenvalue weighted by Crippen LogP contribution is 2.34. The summed E-state index contributed by atoms with van der Waals surface area (Å²) >= 11 is 11.4. The molecule has 1 amide bonds. The number of amides is 1. The fourth-order valence-corrected chi connectivity index (χ4v) is 3.17. The van der Waals surface area contributed by atoms with Gasteiger partial charge < -0.3 is 9.64 Å². The van der Waals surface area contributed by atoms with Crippen LogP contribution in [0.5, 0.6) is 5.75 Å². The van der Waals surface area contributed by atoms with E-state index in [-0.39, 0.29) is 10.7 Å². The van der Waals surface area contributed by atoms with Gasteiger partial charge in [-0.05, 0) is 37.8 Å². The highest BCUT2D eigenvalue weighted by molar-refractivity contribution is 9.10. The van der Waals surface area contributed by atoms with Crippen molar-refractivity contribution in [3.8, 4) is 5.75 Å². The lowest BCUT2D eigenvalue weighted by Gasteiger charge is -2.30. The van der Waals surface area contributed by atoms with Crippen molar-refractivity contribution in [1.82, 2.24) is 4.90 Å². The highest BCUT2D eigenvalue weighted by Gasteiger charge is 2.29. The first-order valence-corrected chi connectivity index (χ1v) is 9.34. The molecule has 0 bridgehead atoms. The lowest BCUT2D eigenvalue weighted by Crippen LogP contribution is -2.38. The Hall–Kier alpha value is -0.650. The number of rotatable bonds is 5. The van der Waals surface area contributed by atoms with Gasteiger partial charge in [0.25, 0.3) is 0 Å². The number of ether oxygens (including phenoxy) is 1. The second-order valence-corrected chi connectivity index (χ2v) is 6.89. The van der Waals surface area contributed by atoms with E-state index in [4.69, 9.17) is 16.3 Å². The molecule has 1 aliphatic heterocycles. The summed E-state index contributed by atoms with van der Waals surface area (Å²) in [4.78, 5) is 13.8. The SMILES string of the molecule is CCN1C(=O)C(Br)CC=C1c1ccc(OCSC)cc1Cl. The molecule has 0 saturated carbocycles. The van der Waals surface area contributed by atoms with Crippen molar-refractivity contribution in [2.75, 3.05) is 18.7 Å². The minimum absolute atomic E-state index is 0.0776. The molecular weight excluding hydrogens is 374 g/mol. The van der Waals surface area contributed by atoms with Crippen molar-refractivity contribution in [3.63, 3.8) is 0 Å². The molecule has 1 heterocycles. The van der Waals surface area contributed by atoms with Crippen molar-refractivity contribution < 1.29 is 9.53 Å². The summed E-state index contributed by atoms with van der Waals surface area (Å²) in [6.07, 6.45) is 4.70. The molecule has 0 spiro atoms. The van der Waals surface area contributed by atoms with Gasteiger partial charge in [-0.1, -0.05) is 33.6 Å². The Morgan fingerprint density at radius 1 is 1.52 bits per heavy atom. The van der Waals surface area contributed by atoms with Crippen molar-refractivity contribution in [2.45, 2.75) is 18.2 Å². The quantitative estimate of drug-likeness (QED) is 0.551. The summed E-state index contributed by atoms with van der Waals surface area (Å²) in [5, 5.41) is 0.596. The summed E-state index contributed by atoms with van der Waals surface area (Å²) in [5.74, 6) is 1.40. The number of carbonyl (C=O) groups is 1. The first-order valence-electron chi connectivity index (χ1n) is 6.65. The number of alkyl halides is 1. The average Bonchev–Trinajstić information content (AvgIpc) is 2.48. The maximum atomic E-state index is 12.2. The van der Waals surface area contributed by atoms with Gasteiger partial charge in [0.1, 0.15) is 11.7 Å². The molecule has 0 radical (unpaired) electrons. The van der Waals surface area contributed by atoms with E-state index in [1.807, 2.05) is 31.4 Å². The van der Waals surface area contributed by atoms with E-state index in [0.717, 1.165) is 17.0 Å². The average molecular weight is 391 g/mol. The highest BCUT2D eigenvalue weighted by atomic mass is 79.9. The van der Waals surface area contributed by atoms with Gasteiger partial charge in [0.2, 0.25) is 5.91 Å². The monoisotopic (exact) mass is 389 g/mol. The van der Waals surface area contributed by atoms with Crippen LogP contribution in [-0.2, 0) is 4.79 Å². The van der Waals surface area contributed by atoms with E-state index in [1.54, 1.807) is 22.7 Å². The first kappa shape index (κ1) is 16.7. The minimum Gasteiger partial charge on any atom is -0.483 e. The minimum atomic E-state index is -0.149. The molecule has 0 aliphatic carbocycles. The number of carbonyl (C=O) groups excluding carboxylic acids is 1. The Kier molecular flexibility index (Phi) is 6.02. The Labute approximate surface area is 142 Å². The maximum absolute atomic E-state index is 12.2. The normalized spacial score (nSPS) is 18.7. The summed E-state index contributed by atoms with van der Waals surface area (Å²) < 4.78 is 5.54. The van der Waals surface area contributed by atoms with Crippen molar-refractivity contribution >= 4 is 50.9 Å². The summed E-state index contributed by atoms with van der Waals surface area (Å²) in [6, 6.07) is 5.59. The zero-order valence-corrected chi connectivity index (χ0v) is 15.1. The van der Waals surface area contributed by atoms with E-state index in [9.17, 15) is 4.79 Å². The lowest BCUT2D eigenvalue weighted by atomic mass is 10.0. The molecule has 1 aromatic rings. The third-order valence-corrected chi connectivity index (χ3v) is 4.65. The van der Waals surface area contributed by atoms with Crippen molar-refractivity contribution in [1.29, 1.82) is 0 Å². The summed E-state index contributed by atoms with van der Waals surface area (Å²) in [7, 11) is 0. The van der Waals surface area contributed by atoms with Crippen LogP contribution in [0.25, 0.3) is 5.70 Å². The van der Waals surface area contributed by atoms with Gasteiger partial charge in [0, 0.05) is 17.8 Å². The molecule has 1 unspecified atom stereocenters. The zero-order valence-electron chi connectivity index (χ0n) is 11.9. The molecule has 0 fully saturated rings. The van der Waals surface area contributed by atoms with E-state index in [2.05, 4.69) is 15.9 Å². The van der Waals surface area contributed by atoms with Gasteiger partial charge in [-0.3, -0.25) is 4.79 Å². The van der Waals surface area contributed by atoms with Gasteiger partial charge in [0.05, 0.1) is 9.85 Å². The standard InChI is InChI=1S/C15H17BrClNO2S/c1-3-18-14(7-6-12(16)15(18)19)11-5-4-10(8-13(11)17)20-9-21-2/h4-5,7-8,12H,3,6,9H2,1-2H3. The van der Waals surface area contributed by atoms with E-state index in [0.29, 0.717) is 23.9 Å². The smallest absolute Gasteiger partial charge is 0.241 e. The van der Waals surface area contributed by atoms with Crippen molar-refractivity contribution in [3.05, 3.63) is 34.9 Å². The lowest BCUT2D eigenvalue weighted by molar-refractivity contribution is -0.127. The van der Waals surface area contributed by atoms with E-state index < -0.39 is 0 Å². The molecule has 0 saturated heterocycles. The number of halogens is 2. The predicted molar refractivity (Wildman–Crippen MR) is 93.2 cm³/mol. The van der Waals surface area contributed by atoms with Crippen LogP contribution in [0.3, 0.4) is 0 Å². The number of hydrogen-bond donors (Lipinski definition) is 0. The summed E-state index contributed by atoms with van der Waals surface area (Å²) in [6.45, 7) is 2.58. The predicted octanol–water partition coefficient (Wildman–Crippen LogP) is 4.40. The number of thioether (sulfide) groups is 1. The Morgan fingerprint density at radius 2 is 2.29 bits per heavy atom. The first-order chi connectivity index (χ1) is 10.1. The molecule has 0 N–H and O–H groups in total. The molecule has 21 heavy (non-hydrogen) atoms. The molecule has 1 aromatic carbocycles. The molecule has 3 nitrogen and oxygen atoms in total. The zero-order chi connectivity index (χ0) is 15.4. The molecule has 1 atom stereocenters. The maximum Gasteiger partial charge on any atom is 0.241 e. The Morgan fingerprint density at radius 3 is 2.90 bits per heavy atom. The molecule has 114 valence electrons. The molecular formula is C15H17BrClNO2S. The second-order valence-electron chi connectivity index (χ2n) is 4.57. The Bertz CT molecular complexity index is 565. The van der Waals surface area contributed by atoms with Crippen LogP contribution in [0.1, 0.15) is 18.9 Å². The van der Waals surface area contributed by atoms with Crippen LogP contribution in [0.4, 0.5) is 0 Å². The van der Waals surface area contributed by atoms with Crippen LogP contribution < -0.4 is 4.74 Å². The molecule has 0 aromatic heterocycles. The fraction of sp³-hybridized carbons (Fsp3) is 0.400. The second kappa shape index (κ2) is 7.56. The van der Waals surface area contributed by atoms with Gasteiger partial charge in [0.15, 0.2) is 0 Å². The van der Waals surface area contributed by atoms with Crippen LogP contribution >= 0.6 is 39.3 Å². The Balaban J connectivity index is 2.30. The number of allylic oxidation sites excluding steroid dienone is 1. The van der Waals surface area contributed by atoms with Crippen LogP contribution in [0.15, 0.2) is 24.3 Å². The number of hydrogen-bond acceptors (Lipinski definition) is 3. The number of nitrogens with zero attached hydrogens (tertiary/aromatic N) is 1. The van der Waals surface area contributed by atoms with E-state index in [1.165, 1.54) is 0 Å². The molecule has 2 rings (SSSR count). The van der Waals surface area contributed by atoms with E-state index >= 15 is 0 Å². The third kappa shape index (κ3) is 3.76. The van der Waals surface area contributed by atoms with Gasteiger partial charge in [-0.25, -0.2) is 0 Å². The van der Waals surface area contributed by atoms with Gasteiger partial charge in [-0.2, -0.15) is 0 Å². The van der Waals surface area contributed by atoms with Crippen LogP contribution in [0.2, 0.25) is 5.02 Å². The van der Waals surface area contributed by atoms with Crippen LogP contribution in [0, 0.1) is 0 Å². The molecule has 1 aliphatic rings. The topological polar surface area (TPSA) is 29.5 Å². The largest absolute Gasteiger partial charge is 0.483 e. The third-order valence-electron chi connectivity index (χ3n) is 3.22. The molecule has 6 heteroatoms.